The zero-order chi connectivity index (χ0) is 34.2. The van der Waals surface area contributed by atoms with Crippen LogP contribution >= 0.6 is 0 Å². The molecule has 0 heterocycles. The highest BCUT2D eigenvalue weighted by molar-refractivity contribution is 6.50. The molecule has 46 heavy (non-hydrogen) atoms. The van der Waals surface area contributed by atoms with Gasteiger partial charge in [0, 0.05) is 24.3 Å². The van der Waals surface area contributed by atoms with Crippen molar-refractivity contribution in [2.24, 2.45) is 17.6 Å². The highest BCUT2D eigenvalue weighted by Gasteiger charge is 2.30. The van der Waals surface area contributed by atoms with Crippen molar-refractivity contribution in [3.8, 4) is 11.1 Å². The molecule has 0 saturated heterocycles. The maximum absolute atomic E-state index is 13.4. The lowest BCUT2D eigenvalue weighted by atomic mass is 9.58. The lowest BCUT2D eigenvalue weighted by molar-refractivity contribution is -0.132. The van der Waals surface area contributed by atoms with Crippen LogP contribution in [0.2, 0.25) is 12.6 Å². The summed E-state index contributed by atoms with van der Waals surface area (Å²) in [6.07, 6.45) is 5.74. The van der Waals surface area contributed by atoms with Gasteiger partial charge in [-0.1, -0.05) is 84.3 Å². The molecule has 9 heteroatoms. The molecule has 0 aliphatic carbocycles. The minimum atomic E-state index is -0.760. The van der Waals surface area contributed by atoms with Crippen LogP contribution in [0.25, 0.3) is 11.1 Å². The smallest absolute Gasteiger partial charge is 0.289 e. The number of ketones is 2. The summed E-state index contributed by atoms with van der Waals surface area (Å²) in [5, 5.41) is 15.6. The van der Waals surface area contributed by atoms with Crippen molar-refractivity contribution in [3.05, 3.63) is 59.7 Å². The van der Waals surface area contributed by atoms with Crippen LogP contribution < -0.4 is 16.4 Å². The average molecular weight is 634 g/mol. The van der Waals surface area contributed by atoms with Crippen LogP contribution in [0.5, 0.6) is 0 Å². The van der Waals surface area contributed by atoms with Gasteiger partial charge in [0.25, 0.3) is 12.8 Å². The first-order valence-electron chi connectivity index (χ1n) is 17.1. The molecule has 2 rings (SSSR count). The van der Waals surface area contributed by atoms with E-state index >= 15 is 0 Å². The zero-order valence-corrected chi connectivity index (χ0v) is 28.8. The minimum Gasteiger partial charge on any atom is -0.450 e. The van der Waals surface area contributed by atoms with E-state index in [-0.39, 0.29) is 48.0 Å². The zero-order valence-electron chi connectivity index (χ0n) is 28.8. The van der Waals surface area contributed by atoms with Crippen LogP contribution in [0.15, 0.2) is 48.5 Å². The Hall–Kier alpha value is -3.30. The standard InChI is InChI=1S/C37H56BN3O5/c1-7-8-11-28-13-15-29(16-14-28)30-17-19-31(20-18-30)37(45)40-32(12-9-10-21-39)34(42)23-26(4)36(44)41-33(22-25(2)3)35(43)24-27(5)38(6)46/h13-20,25-27,32-33,46H,7-12,21-24,39H2,1-6H3,(H,40,45)(H,41,44)/t26-,27-,32+,33+/m1/s1. The summed E-state index contributed by atoms with van der Waals surface area (Å²) in [6, 6.07) is 14.4. The number of hydrogen-bond acceptors (Lipinski definition) is 6. The number of hydrogen-bond donors (Lipinski definition) is 4. The summed E-state index contributed by atoms with van der Waals surface area (Å²) in [5.74, 6) is -1.84. The van der Waals surface area contributed by atoms with Gasteiger partial charge in [-0.3, -0.25) is 19.2 Å². The summed E-state index contributed by atoms with van der Waals surface area (Å²) in [7, 11) is 0. The lowest BCUT2D eigenvalue weighted by Crippen LogP contribution is -2.46. The maximum Gasteiger partial charge on any atom is 0.289 e. The van der Waals surface area contributed by atoms with E-state index in [0.29, 0.717) is 37.8 Å². The second kappa shape index (κ2) is 20.1. The first-order chi connectivity index (χ1) is 21.9. The van der Waals surface area contributed by atoms with E-state index < -0.39 is 24.9 Å². The number of aryl methyl sites for hydroxylation is 1. The van der Waals surface area contributed by atoms with E-state index in [4.69, 9.17) is 5.73 Å². The largest absolute Gasteiger partial charge is 0.450 e. The van der Waals surface area contributed by atoms with E-state index in [1.54, 1.807) is 32.8 Å². The molecule has 5 N–H and O–H groups in total. The fraction of sp³-hybridized carbons (Fsp3) is 0.568. The molecule has 2 aromatic rings. The molecule has 0 aliphatic heterocycles. The predicted molar refractivity (Wildman–Crippen MR) is 188 cm³/mol. The molecule has 0 radical (unpaired) electrons. The first-order valence-corrected chi connectivity index (χ1v) is 17.1. The van der Waals surface area contributed by atoms with E-state index in [2.05, 4.69) is 41.8 Å². The quantitative estimate of drug-likeness (QED) is 0.0981. The Kier molecular flexibility index (Phi) is 16.9. The number of Topliss-reactive ketones (excluding diaryl/α,β-unsaturated/α-hetero) is 2. The molecule has 0 spiro atoms. The lowest BCUT2D eigenvalue weighted by Gasteiger charge is -2.24. The number of nitrogens with two attached hydrogens (primary N) is 1. The van der Waals surface area contributed by atoms with Gasteiger partial charge < -0.3 is 21.4 Å². The van der Waals surface area contributed by atoms with Gasteiger partial charge >= 0.3 is 0 Å². The van der Waals surface area contributed by atoms with Gasteiger partial charge in [0.05, 0.1) is 12.1 Å². The van der Waals surface area contributed by atoms with Crippen LogP contribution in [0.3, 0.4) is 0 Å². The summed E-state index contributed by atoms with van der Waals surface area (Å²) in [6.45, 7) is 11.1. The summed E-state index contributed by atoms with van der Waals surface area (Å²) >= 11 is 0. The van der Waals surface area contributed by atoms with Crippen molar-refractivity contribution in [3.63, 3.8) is 0 Å². The highest BCUT2D eigenvalue weighted by atomic mass is 16.2. The fourth-order valence-electron chi connectivity index (χ4n) is 5.33. The molecular weight excluding hydrogens is 577 g/mol. The summed E-state index contributed by atoms with van der Waals surface area (Å²) in [5.41, 5.74) is 9.52. The molecular formula is C37H56BN3O5. The third-order valence-electron chi connectivity index (χ3n) is 8.61. The van der Waals surface area contributed by atoms with E-state index in [9.17, 15) is 24.2 Å². The molecule has 0 fully saturated rings. The van der Waals surface area contributed by atoms with Gasteiger partial charge in [0.15, 0.2) is 11.6 Å². The normalized spacial score (nSPS) is 13.8. The Bertz CT molecular complexity index is 1250. The molecule has 0 bridgehead atoms. The topological polar surface area (TPSA) is 139 Å². The first kappa shape index (κ1) is 38.9. The number of amides is 2. The number of carbonyl (C=O) groups is 4. The van der Waals surface area contributed by atoms with Crippen LogP contribution in [-0.2, 0) is 20.8 Å². The third kappa shape index (κ3) is 13.2. The Balaban J connectivity index is 2.07. The van der Waals surface area contributed by atoms with Gasteiger partial charge in [0.2, 0.25) is 5.91 Å². The molecule has 0 aliphatic rings. The number of benzene rings is 2. The van der Waals surface area contributed by atoms with Crippen LogP contribution in [-0.4, -0.2) is 53.9 Å². The van der Waals surface area contributed by atoms with Gasteiger partial charge in [0.1, 0.15) is 0 Å². The third-order valence-corrected chi connectivity index (χ3v) is 8.61. The van der Waals surface area contributed by atoms with E-state index in [1.165, 1.54) is 5.56 Å². The molecule has 252 valence electrons. The van der Waals surface area contributed by atoms with Gasteiger partial charge in [-0.2, -0.15) is 0 Å². The number of unbranched alkanes of at least 4 members (excludes halogenated alkanes) is 2. The van der Waals surface area contributed by atoms with Gasteiger partial charge in [-0.05, 0) is 85.6 Å². The van der Waals surface area contributed by atoms with Crippen LogP contribution in [0.4, 0.5) is 0 Å². The SMILES string of the molecule is CCCCc1ccc(-c2ccc(C(=O)N[C@@H](CCCCN)C(=O)C[C@@H](C)C(=O)N[C@@H](CC(C)C)C(=O)C[C@@H](C)B(C)O)cc2)cc1. The van der Waals surface area contributed by atoms with E-state index in [1.807, 2.05) is 26.0 Å². The Morgan fingerprint density at radius 2 is 1.39 bits per heavy atom. The van der Waals surface area contributed by atoms with Crippen molar-refractivity contribution in [2.75, 3.05) is 6.54 Å². The predicted octanol–water partition coefficient (Wildman–Crippen LogP) is 6.01. The Morgan fingerprint density at radius 3 is 1.93 bits per heavy atom. The highest BCUT2D eigenvalue weighted by Crippen LogP contribution is 2.22. The van der Waals surface area contributed by atoms with E-state index in [0.717, 1.165) is 30.4 Å². The fourth-order valence-corrected chi connectivity index (χ4v) is 5.33. The van der Waals surface area contributed by atoms with Crippen molar-refractivity contribution >= 4 is 30.3 Å². The van der Waals surface area contributed by atoms with Gasteiger partial charge in [-0.25, -0.2) is 0 Å². The summed E-state index contributed by atoms with van der Waals surface area (Å²) in [4.78, 5) is 52.8. The van der Waals surface area contributed by atoms with Crippen molar-refractivity contribution in [1.82, 2.24) is 10.6 Å². The molecule has 0 aromatic heterocycles. The Morgan fingerprint density at radius 1 is 0.804 bits per heavy atom. The maximum atomic E-state index is 13.4. The molecule has 2 aromatic carbocycles. The number of rotatable bonds is 21. The van der Waals surface area contributed by atoms with Gasteiger partial charge in [-0.15, -0.1) is 0 Å². The Labute approximate surface area is 276 Å². The van der Waals surface area contributed by atoms with Crippen molar-refractivity contribution < 1.29 is 24.2 Å². The van der Waals surface area contributed by atoms with Crippen LogP contribution in [0, 0.1) is 11.8 Å². The van der Waals surface area contributed by atoms with Crippen LogP contribution in [0.1, 0.15) is 102 Å². The number of nitrogens with one attached hydrogen (secondary N) is 2. The molecule has 0 saturated carbocycles. The van der Waals surface area contributed by atoms with Crippen molar-refractivity contribution in [2.45, 2.75) is 117 Å². The summed E-state index contributed by atoms with van der Waals surface area (Å²) < 4.78 is 0. The second-order valence-corrected chi connectivity index (χ2v) is 13.3. The average Bonchev–Trinajstić information content (AvgIpc) is 3.02. The minimum absolute atomic E-state index is 0.0702. The monoisotopic (exact) mass is 633 g/mol. The molecule has 2 amide bonds. The second-order valence-electron chi connectivity index (χ2n) is 13.3. The molecule has 4 atom stereocenters. The molecule has 8 nitrogen and oxygen atoms in total. The number of carbonyl (C=O) groups excluding carboxylic acids is 4. The van der Waals surface area contributed by atoms with Crippen molar-refractivity contribution in [1.29, 1.82) is 0 Å². The molecule has 0 unspecified atom stereocenters.